The van der Waals surface area contributed by atoms with Crippen LogP contribution in [0.1, 0.15) is 28.4 Å². The highest BCUT2D eigenvalue weighted by Gasteiger charge is 2.19. The third-order valence-corrected chi connectivity index (χ3v) is 4.57. The molecule has 3 aromatic rings. The summed E-state index contributed by atoms with van der Waals surface area (Å²) in [5.41, 5.74) is 3.01. The lowest BCUT2D eigenvalue weighted by molar-refractivity contribution is -0.152. The Balaban J connectivity index is 1.51. The normalized spacial score (nSPS) is 11.6. The van der Waals surface area contributed by atoms with Crippen molar-refractivity contribution in [3.8, 4) is 0 Å². The minimum Gasteiger partial charge on any atom is -0.451 e. The second-order valence-corrected chi connectivity index (χ2v) is 7.24. The van der Waals surface area contributed by atoms with Crippen molar-refractivity contribution in [2.75, 3.05) is 11.9 Å². The van der Waals surface area contributed by atoms with Crippen LogP contribution in [-0.2, 0) is 14.3 Å². The molecule has 30 heavy (non-hydrogen) atoms. The van der Waals surface area contributed by atoms with E-state index in [0.29, 0.717) is 11.3 Å². The van der Waals surface area contributed by atoms with Gasteiger partial charge in [-0.1, -0.05) is 47.5 Å². The molecule has 1 unspecified atom stereocenters. The number of esters is 1. The topological polar surface area (TPSA) is 84.5 Å². The maximum Gasteiger partial charge on any atom is 0.326 e. The van der Waals surface area contributed by atoms with Gasteiger partial charge in [0, 0.05) is 11.3 Å². The molecule has 2 amide bonds. The van der Waals surface area contributed by atoms with E-state index in [0.717, 1.165) is 21.9 Å². The van der Waals surface area contributed by atoms with Crippen molar-refractivity contribution in [2.24, 2.45) is 0 Å². The van der Waals surface area contributed by atoms with Crippen molar-refractivity contribution in [1.82, 2.24) is 5.32 Å². The van der Waals surface area contributed by atoms with Gasteiger partial charge >= 0.3 is 5.97 Å². The highest BCUT2D eigenvalue weighted by Crippen LogP contribution is 2.19. The molecule has 154 valence electrons. The molecule has 6 heteroatoms. The van der Waals surface area contributed by atoms with E-state index in [-0.39, 0.29) is 12.5 Å². The molecule has 1 atom stereocenters. The van der Waals surface area contributed by atoms with E-state index < -0.39 is 18.0 Å². The van der Waals surface area contributed by atoms with E-state index in [1.54, 1.807) is 18.2 Å². The summed E-state index contributed by atoms with van der Waals surface area (Å²) in [5.74, 6) is -1.50. The highest BCUT2D eigenvalue weighted by molar-refractivity contribution is 5.98. The minimum atomic E-state index is -0.998. The molecule has 0 bridgehead atoms. The quantitative estimate of drug-likeness (QED) is 0.613. The molecule has 3 aromatic carbocycles. The number of nitrogens with one attached hydrogen (secondary N) is 2. The van der Waals surface area contributed by atoms with Crippen LogP contribution < -0.4 is 10.6 Å². The summed E-state index contributed by atoms with van der Waals surface area (Å²) in [6.45, 7) is 4.96. The number of amides is 2. The number of rotatable bonds is 6. The number of carbonyl (C=O) groups is 3. The average Bonchev–Trinajstić information content (AvgIpc) is 2.71. The van der Waals surface area contributed by atoms with Crippen LogP contribution in [0.4, 0.5) is 5.69 Å². The number of carbonyl (C=O) groups excluding carboxylic acids is 3. The van der Waals surface area contributed by atoms with Gasteiger partial charge in [0.2, 0.25) is 0 Å². The van der Waals surface area contributed by atoms with Gasteiger partial charge in [-0.2, -0.15) is 0 Å². The average molecular weight is 404 g/mol. The number of ether oxygens (including phenoxy) is 1. The van der Waals surface area contributed by atoms with E-state index in [4.69, 9.17) is 4.74 Å². The Bertz CT molecular complexity index is 1090. The molecular formula is C24H24N2O4. The summed E-state index contributed by atoms with van der Waals surface area (Å²) in [5, 5.41) is 7.32. The van der Waals surface area contributed by atoms with Crippen molar-refractivity contribution in [2.45, 2.75) is 26.9 Å². The Morgan fingerprint density at radius 3 is 2.27 bits per heavy atom. The lowest BCUT2D eigenvalue weighted by Crippen LogP contribution is -2.35. The zero-order valence-electron chi connectivity index (χ0n) is 17.2. The first-order valence-electron chi connectivity index (χ1n) is 9.67. The van der Waals surface area contributed by atoms with Crippen LogP contribution in [0.5, 0.6) is 0 Å². The largest absolute Gasteiger partial charge is 0.451 e. The molecule has 0 radical (unpaired) electrons. The molecule has 0 aromatic heterocycles. The van der Waals surface area contributed by atoms with Crippen LogP contribution in [0.15, 0.2) is 60.7 Å². The van der Waals surface area contributed by atoms with E-state index in [1.807, 2.05) is 56.3 Å². The third kappa shape index (κ3) is 5.44. The third-order valence-electron chi connectivity index (χ3n) is 4.57. The number of hydrogen-bond acceptors (Lipinski definition) is 4. The van der Waals surface area contributed by atoms with Gasteiger partial charge in [-0.3, -0.25) is 14.4 Å². The second kappa shape index (κ2) is 9.22. The van der Waals surface area contributed by atoms with Crippen molar-refractivity contribution in [1.29, 1.82) is 0 Å². The van der Waals surface area contributed by atoms with Crippen LogP contribution in [0.2, 0.25) is 0 Å². The summed E-state index contributed by atoms with van der Waals surface area (Å²) in [6.07, 6.45) is -0.998. The first-order valence-corrected chi connectivity index (χ1v) is 9.67. The Morgan fingerprint density at radius 1 is 0.900 bits per heavy atom. The summed E-state index contributed by atoms with van der Waals surface area (Å²) in [7, 11) is 0. The summed E-state index contributed by atoms with van der Waals surface area (Å²) < 4.78 is 5.14. The molecule has 2 N–H and O–H groups in total. The van der Waals surface area contributed by atoms with Crippen LogP contribution in [0.3, 0.4) is 0 Å². The first kappa shape index (κ1) is 21.0. The van der Waals surface area contributed by atoms with Crippen molar-refractivity contribution >= 4 is 34.2 Å². The van der Waals surface area contributed by atoms with Crippen molar-refractivity contribution in [3.63, 3.8) is 0 Å². The van der Waals surface area contributed by atoms with E-state index in [2.05, 4.69) is 10.6 Å². The maximum atomic E-state index is 12.3. The fourth-order valence-corrected chi connectivity index (χ4v) is 3.16. The zero-order chi connectivity index (χ0) is 21.7. The lowest BCUT2D eigenvalue weighted by atomic mass is 10.1. The fourth-order valence-electron chi connectivity index (χ4n) is 3.16. The van der Waals surface area contributed by atoms with E-state index >= 15 is 0 Å². The molecular weight excluding hydrogens is 380 g/mol. The molecule has 0 heterocycles. The molecule has 0 fully saturated rings. The van der Waals surface area contributed by atoms with Crippen LogP contribution in [0.25, 0.3) is 10.8 Å². The van der Waals surface area contributed by atoms with E-state index in [1.165, 1.54) is 6.92 Å². The Kier molecular flexibility index (Phi) is 6.47. The van der Waals surface area contributed by atoms with Gasteiger partial charge in [-0.15, -0.1) is 0 Å². The number of benzene rings is 3. The fraction of sp³-hybridized carbons (Fsp3) is 0.208. The lowest BCUT2D eigenvalue weighted by Gasteiger charge is -2.14. The molecule has 0 spiro atoms. The van der Waals surface area contributed by atoms with Gasteiger partial charge in [0.1, 0.15) is 6.54 Å². The maximum absolute atomic E-state index is 12.3. The predicted octanol–water partition coefficient (Wildman–Crippen LogP) is 3.76. The number of fused-ring (bicyclic) bond motifs is 1. The van der Waals surface area contributed by atoms with Gasteiger partial charge in [0.15, 0.2) is 6.10 Å². The minimum absolute atomic E-state index is 0.320. The van der Waals surface area contributed by atoms with Crippen LogP contribution >= 0.6 is 0 Å². The zero-order valence-corrected chi connectivity index (χ0v) is 17.2. The highest BCUT2D eigenvalue weighted by atomic mass is 16.5. The smallest absolute Gasteiger partial charge is 0.326 e. The Hall–Kier alpha value is -3.67. The molecule has 0 aliphatic carbocycles. The molecule has 3 rings (SSSR count). The van der Waals surface area contributed by atoms with Crippen molar-refractivity contribution < 1.29 is 19.1 Å². The predicted molar refractivity (Wildman–Crippen MR) is 116 cm³/mol. The molecule has 0 saturated heterocycles. The number of hydrogen-bond donors (Lipinski definition) is 2. The summed E-state index contributed by atoms with van der Waals surface area (Å²) >= 11 is 0. The van der Waals surface area contributed by atoms with Gasteiger partial charge in [0.25, 0.3) is 11.8 Å². The van der Waals surface area contributed by atoms with Crippen molar-refractivity contribution in [3.05, 3.63) is 77.4 Å². The molecule has 6 nitrogen and oxygen atoms in total. The monoisotopic (exact) mass is 404 g/mol. The SMILES string of the molecule is Cc1cc(C)cc(C(=O)NCC(=O)OC(C)C(=O)Nc2ccc3ccccc3c2)c1. The number of aryl methyl sites for hydroxylation is 2. The van der Waals surface area contributed by atoms with Gasteiger partial charge in [-0.25, -0.2) is 0 Å². The van der Waals surface area contributed by atoms with Crippen LogP contribution in [-0.4, -0.2) is 30.4 Å². The van der Waals surface area contributed by atoms with Gasteiger partial charge in [-0.05, 0) is 55.8 Å². The van der Waals surface area contributed by atoms with Crippen LogP contribution in [0, 0.1) is 13.8 Å². The standard InChI is InChI=1S/C24H24N2O4/c1-15-10-16(2)12-20(11-15)24(29)25-14-22(27)30-17(3)23(28)26-21-9-8-18-6-4-5-7-19(18)13-21/h4-13,17H,14H2,1-3H3,(H,25,29)(H,26,28). The Morgan fingerprint density at radius 2 is 1.57 bits per heavy atom. The number of anilines is 1. The van der Waals surface area contributed by atoms with Gasteiger partial charge < -0.3 is 15.4 Å². The summed E-state index contributed by atoms with van der Waals surface area (Å²) in [4.78, 5) is 36.6. The second-order valence-electron chi connectivity index (χ2n) is 7.24. The van der Waals surface area contributed by atoms with E-state index in [9.17, 15) is 14.4 Å². The molecule has 0 saturated carbocycles. The molecule has 0 aliphatic rings. The summed E-state index contributed by atoms with van der Waals surface area (Å²) in [6, 6.07) is 18.8. The first-order chi connectivity index (χ1) is 14.3. The van der Waals surface area contributed by atoms with Gasteiger partial charge in [0.05, 0.1) is 0 Å². The molecule has 0 aliphatic heterocycles. The Labute approximate surface area is 175 Å².